The first-order chi connectivity index (χ1) is 11.0. The highest BCUT2D eigenvalue weighted by Crippen LogP contribution is 2.16. The molecule has 0 unspecified atom stereocenters. The number of amides is 1. The number of rotatable bonds is 3. The lowest BCUT2D eigenvalue weighted by Gasteiger charge is -2.06. The molecule has 0 fully saturated rings. The molecule has 114 valence electrons. The van der Waals surface area contributed by atoms with Crippen molar-refractivity contribution in [1.29, 1.82) is 0 Å². The first-order valence-corrected chi connectivity index (χ1v) is 6.71. The summed E-state index contributed by atoms with van der Waals surface area (Å²) in [5, 5.41) is 12.2. The van der Waals surface area contributed by atoms with E-state index in [1.807, 2.05) is 0 Å². The van der Waals surface area contributed by atoms with Gasteiger partial charge in [0, 0.05) is 22.7 Å². The largest absolute Gasteiger partial charge is 0.478 e. The van der Waals surface area contributed by atoms with Gasteiger partial charge in [-0.05, 0) is 48.5 Å². The molecule has 0 aliphatic rings. The van der Waals surface area contributed by atoms with E-state index in [4.69, 9.17) is 9.52 Å². The molecule has 2 N–H and O–H groups in total. The van der Waals surface area contributed by atoms with Crippen LogP contribution in [0.25, 0.3) is 11.0 Å². The van der Waals surface area contributed by atoms with E-state index in [0.29, 0.717) is 22.2 Å². The predicted molar refractivity (Wildman–Crippen MR) is 83.8 cm³/mol. The number of aromatic carboxylic acids is 1. The van der Waals surface area contributed by atoms with E-state index >= 15 is 0 Å². The molecule has 3 aromatic rings. The molecule has 1 aromatic heterocycles. The van der Waals surface area contributed by atoms with Crippen LogP contribution in [0.1, 0.15) is 20.7 Å². The average Bonchev–Trinajstić information content (AvgIpc) is 2.54. The monoisotopic (exact) mass is 309 g/mol. The van der Waals surface area contributed by atoms with Gasteiger partial charge in [0.15, 0.2) is 0 Å². The van der Waals surface area contributed by atoms with Crippen molar-refractivity contribution in [3.63, 3.8) is 0 Å². The van der Waals surface area contributed by atoms with Gasteiger partial charge in [-0.1, -0.05) is 0 Å². The maximum absolute atomic E-state index is 12.2. The standard InChI is InChI=1S/C17H11NO5/c19-15-8-4-11-9-12(3-7-14(11)23-15)16(20)18-13-5-1-10(2-6-13)17(21)22/h1-9H,(H,18,20)(H,21,22). The summed E-state index contributed by atoms with van der Waals surface area (Å²) in [6.07, 6.45) is 0. The molecule has 0 aliphatic heterocycles. The minimum Gasteiger partial charge on any atom is -0.478 e. The minimum absolute atomic E-state index is 0.142. The van der Waals surface area contributed by atoms with Gasteiger partial charge < -0.3 is 14.8 Å². The molecule has 3 rings (SSSR count). The number of carbonyl (C=O) groups is 2. The Balaban J connectivity index is 1.84. The molecule has 1 heterocycles. The van der Waals surface area contributed by atoms with Gasteiger partial charge >= 0.3 is 11.6 Å². The average molecular weight is 309 g/mol. The second-order valence-electron chi connectivity index (χ2n) is 4.84. The first-order valence-electron chi connectivity index (χ1n) is 6.71. The van der Waals surface area contributed by atoms with E-state index in [0.717, 1.165) is 0 Å². The fraction of sp³-hybridized carbons (Fsp3) is 0. The molecule has 6 heteroatoms. The molecular formula is C17H11NO5. The summed E-state index contributed by atoms with van der Waals surface area (Å²) in [5.41, 5.74) is 0.977. The van der Waals surface area contributed by atoms with Crippen LogP contribution < -0.4 is 10.9 Å². The Morgan fingerprint density at radius 2 is 1.61 bits per heavy atom. The molecule has 0 saturated heterocycles. The highest BCUT2D eigenvalue weighted by Gasteiger charge is 2.09. The number of carboxylic acids is 1. The van der Waals surface area contributed by atoms with Crippen molar-refractivity contribution in [2.24, 2.45) is 0 Å². The summed E-state index contributed by atoms with van der Waals surface area (Å²) in [4.78, 5) is 34.1. The topological polar surface area (TPSA) is 96.6 Å². The molecule has 0 saturated carbocycles. The third kappa shape index (κ3) is 3.11. The number of carboxylic acid groups (broad SMARTS) is 1. The molecule has 2 aromatic carbocycles. The van der Waals surface area contributed by atoms with Crippen LogP contribution in [0.2, 0.25) is 0 Å². The number of anilines is 1. The zero-order valence-corrected chi connectivity index (χ0v) is 11.8. The molecule has 1 amide bonds. The van der Waals surface area contributed by atoms with Gasteiger partial charge in [-0.2, -0.15) is 0 Å². The van der Waals surface area contributed by atoms with Crippen LogP contribution in [-0.2, 0) is 0 Å². The van der Waals surface area contributed by atoms with E-state index in [-0.39, 0.29) is 11.5 Å². The van der Waals surface area contributed by atoms with Crippen molar-refractivity contribution in [2.75, 3.05) is 5.32 Å². The fourth-order valence-corrected chi connectivity index (χ4v) is 2.11. The molecule has 6 nitrogen and oxygen atoms in total. The lowest BCUT2D eigenvalue weighted by molar-refractivity contribution is 0.0696. The van der Waals surface area contributed by atoms with Crippen molar-refractivity contribution in [3.8, 4) is 0 Å². The highest BCUT2D eigenvalue weighted by molar-refractivity contribution is 6.06. The van der Waals surface area contributed by atoms with Gasteiger partial charge in [0.25, 0.3) is 5.91 Å². The second-order valence-corrected chi connectivity index (χ2v) is 4.84. The molecule has 0 atom stereocenters. The predicted octanol–water partition coefficient (Wildman–Crippen LogP) is 2.74. The molecule has 0 spiro atoms. The van der Waals surface area contributed by atoms with E-state index < -0.39 is 11.6 Å². The first kappa shape index (κ1) is 14.5. The van der Waals surface area contributed by atoms with Crippen LogP contribution in [0, 0.1) is 0 Å². The van der Waals surface area contributed by atoms with Crippen molar-refractivity contribution in [2.45, 2.75) is 0 Å². The minimum atomic E-state index is -1.03. The summed E-state index contributed by atoms with van der Waals surface area (Å²) in [6, 6.07) is 13.4. The third-order valence-electron chi connectivity index (χ3n) is 3.27. The fourth-order valence-electron chi connectivity index (χ4n) is 2.11. The summed E-state index contributed by atoms with van der Waals surface area (Å²) in [6.45, 7) is 0. The normalized spacial score (nSPS) is 10.4. The van der Waals surface area contributed by atoms with Gasteiger partial charge in [0.05, 0.1) is 5.56 Å². The van der Waals surface area contributed by atoms with Crippen molar-refractivity contribution >= 4 is 28.5 Å². The molecule has 0 radical (unpaired) electrons. The van der Waals surface area contributed by atoms with Crippen molar-refractivity contribution in [3.05, 3.63) is 76.1 Å². The van der Waals surface area contributed by atoms with Crippen molar-refractivity contribution in [1.82, 2.24) is 0 Å². The van der Waals surface area contributed by atoms with Crippen molar-refractivity contribution < 1.29 is 19.1 Å². The maximum atomic E-state index is 12.2. The van der Waals surface area contributed by atoms with E-state index in [1.54, 1.807) is 24.3 Å². The molecule has 0 aliphatic carbocycles. The Labute approximate surface area is 130 Å². The van der Waals surface area contributed by atoms with Crippen LogP contribution in [0.3, 0.4) is 0 Å². The van der Waals surface area contributed by atoms with Gasteiger partial charge in [-0.3, -0.25) is 4.79 Å². The van der Waals surface area contributed by atoms with Gasteiger partial charge in [-0.15, -0.1) is 0 Å². The Hall–Kier alpha value is -3.41. The third-order valence-corrected chi connectivity index (χ3v) is 3.27. The lowest BCUT2D eigenvalue weighted by Crippen LogP contribution is -2.12. The SMILES string of the molecule is O=C(O)c1ccc(NC(=O)c2ccc3oc(=O)ccc3c2)cc1. The summed E-state index contributed by atoms with van der Waals surface area (Å²) < 4.78 is 5.01. The number of fused-ring (bicyclic) bond motifs is 1. The molecular weight excluding hydrogens is 298 g/mol. The van der Waals surface area contributed by atoms with Crippen LogP contribution in [0.5, 0.6) is 0 Å². The Morgan fingerprint density at radius 1 is 0.913 bits per heavy atom. The van der Waals surface area contributed by atoms with Crippen LogP contribution in [0.4, 0.5) is 5.69 Å². The van der Waals surface area contributed by atoms with Gasteiger partial charge in [0.2, 0.25) is 0 Å². The van der Waals surface area contributed by atoms with Crippen LogP contribution in [-0.4, -0.2) is 17.0 Å². The summed E-state index contributed by atoms with van der Waals surface area (Å²) in [7, 11) is 0. The summed E-state index contributed by atoms with van der Waals surface area (Å²) in [5.74, 6) is -1.37. The summed E-state index contributed by atoms with van der Waals surface area (Å²) >= 11 is 0. The van der Waals surface area contributed by atoms with Crippen LogP contribution in [0.15, 0.2) is 63.8 Å². The Kier molecular flexibility index (Phi) is 3.64. The Morgan fingerprint density at radius 3 is 2.30 bits per heavy atom. The Bertz CT molecular complexity index is 957. The maximum Gasteiger partial charge on any atom is 0.336 e. The van der Waals surface area contributed by atoms with Gasteiger partial charge in [-0.25, -0.2) is 9.59 Å². The second kappa shape index (κ2) is 5.76. The number of hydrogen-bond donors (Lipinski definition) is 2. The van der Waals surface area contributed by atoms with E-state index in [9.17, 15) is 14.4 Å². The van der Waals surface area contributed by atoms with E-state index in [1.165, 1.54) is 30.3 Å². The van der Waals surface area contributed by atoms with Crippen LogP contribution >= 0.6 is 0 Å². The zero-order chi connectivity index (χ0) is 16.4. The number of benzene rings is 2. The van der Waals surface area contributed by atoms with E-state index in [2.05, 4.69) is 5.32 Å². The number of nitrogens with one attached hydrogen (secondary N) is 1. The number of carbonyl (C=O) groups excluding carboxylic acids is 1. The molecule has 23 heavy (non-hydrogen) atoms. The number of hydrogen-bond acceptors (Lipinski definition) is 4. The van der Waals surface area contributed by atoms with Gasteiger partial charge in [0.1, 0.15) is 5.58 Å². The zero-order valence-electron chi connectivity index (χ0n) is 11.8. The molecule has 0 bridgehead atoms. The highest BCUT2D eigenvalue weighted by atomic mass is 16.4. The quantitative estimate of drug-likeness (QED) is 0.725. The smallest absolute Gasteiger partial charge is 0.336 e. The lowest BCUT2D eigenvalue weighted by atomic mass is 10.1.